The number of carbonyl (C=O) groups is 1. The summed E-state index contributed by atoms with van der Waals surface area (Å²) in [4.78, 5) is 12.2. The number of fused-ring (bicyclic) bond motifs is 1. The fraction of sp³-hybridized carbons (Fsp3) is 0.0476. The van der Waals surface area contributed by atoms with Crippen LogP contribution in [0.2, 0.25) is 5.02 Å². The summed E-state index contributed by atoms with van der Waals surface area (Å²) in [5.41, 5.74) is 1.17. The Kier molecular flexibility index (Phi) is 5.09. The molecule has 30 heavy (non-hydrogen) atoms. The van der Waals surface area contributed by atoms with Gasteiger partial charge in [-0.3, -0.25) is 0 Å². The number of aromatic nitrogens is 2. The third-order valence-corrected chi connectivity index (χ3v) is 4.71. The summed E-state index contributed by atoms with van der Waals surface area (Å²) in [6, 6.07) is 17.1. The van der Waals surface area contributed by atoms with Crippen LogP contribution in [0.4, 0.5) is 29.3 Å². The number of para-hydroxylation sites is 1. The van der Waals surface area contributed by atoms with Crippen LogP contribution in [0.15, 0.2) is 72.9 Å². The number of nitrogens with zero attached hydrogens (tertiary/aromatic N) is 2. The summed E-state index contributed by atoms with van der Waals surface area (Å²) in [6.07, 6.45) is -2.85. The van der Waals surface area contributed by atoms with E-state index in [9.17, 15) is 18.0 Å². The molecular formula is C21H14ClF3N4O. The van der Waals surface area contributed by atoms with Crippen molar-refractivity contribution in [2.45, 2.75) is 6.18 Å². The summed E-state index contributed by atoms with van der Waals surface area (Å²) < 4.78 is 40.6. The van der Waals surface area contributed by atoms with E-state index in [2.05, 4.69) is 15.7 Å². The highest BCUT2D eigenvalue weighted by atomic mass is 35.5. The molecule has 0 aliphatic rings. The summed E-state index contributed by atoms with van der Waals surface area (Å²) in [6.45, 7) is 0. The lowest BCUT2D eigenvalue weighted by Gasteiger charge is -2.12. The quantitative estimate of drug-likeness (QED) is 0.398. The van der Waals surface area contributed by atoms with Gasteiger partial charge in [0.15, 0.2) is 0 Å². The molecule has 2 amide bonds. The van der Waals surface area contributed by atoms with E-state index in [-0.39, 0.29) is 5.69 Å². The zero-order valence-electron chi connectivity index (χ0n) is 15.2. The van der Waals surface area contributed by atoms with Crippen molar-refractivity contribution in [3.05, 3.63) is 83.5 Å². The molecule has 0 aliphatic heterocycles. The maximum atomic E-state index is 12.9. The minimum Gasteiger partial charge on any atom is -0.308 e. The molecule has 0 unspecified atom stereocenters. The molecule has 1 aromatic heterocycles. The molecule has 2 N–H and O–H groups in total. The summed E-state index contributed by atoms with van der Waals surface area (Å²) in [7, 11) is 0. The number of rotatable bonds is 3. The van der Waals surface area contributed by atoms with Gasteiger partial charge in [-0.05, 0) is 48.5 Å². The minimum absolute atomic E-state index is 0.0242. The van der Waals surface area contributed by atoms with E-state index in [4.69, 9.17) is 11.6 Å². The Morgan fingerprint density at radius 2 is 1.60 bits per heavy atom. The predicted octanol–water partition coefficient (Wildman–Crippen LogP) is 6.34. The molecule has 1 heterocycles. The fourth-order valence-corrected chi connectivity index (χ4v) is 3.20. The first-order chi connectivity index (χ1) is 14.3. The number of nitrogens with one attached hydrogen (secondary N) is 2. The van der Waals surface area contributed by atoms with Crippen LogP contribution < -0.4 is 10.6 Å². The van der Waals surface area contributed by atoms with Crippen LogP contribution in [0.25, 0.3) is 16.6 Å². The second-order valence-electron chi connectivity index (χ2n) is 6.43. The van der Waals surface area contributed by atoms with Gasteiger partial charge in [0, 0.05) is 16.8 Å². The Bertz CT molecular complexity index is 1220. The van der Waals surface area contributed by atoms with Crippen LogP contribution in [-0.2, 0) is 6.18 Å². The molecular weight excluding hydrogens is 417 g/mol. The van der Waals surface area contributed by atoms with E-state index in [1.165, 1.54) is 6.07 Å². The van der Waals surface area contributed by atoms with Crippen molar-refractivity contribution in [1.82, 2.24) is 9.78 Å². The number of carbonyl (C=O) groups excluding carboxylic acids is 1. The van der Waals surface area contributed by atoms with Crippen LogP contribution in [0, 0.1) is 0 Å². The lowest BCUT2D eigenvalue weighted by molar-refractivity contribution is -0.137. The number of amides is 2. The highest BCUT2D eigenvalue weighted by molar-refractivity contribution is 6.31. The number of anilines is 2. The zero-order chi connectivity index (χ0) is 21.3. The normalized spacial score (nSPS) is 11.5. The average molecular weight is 431 g/mol. The number of benzene rings is 3. The summed E-state index contributed by atoms with van der Waals surface area (Å²) in [5, 5.41) is 9.88. The Balaban J connectivity index is 1.47. The van der Waals surface area contributed by atoms with Gasteiger partial charge < -0.3 is 10.6 Å². The Hall–Kier alpha value is -3.52. The van der Waals surface area contributed by atoms with E-state index in [0.29, 0.717) is 5.69 Å². The lowest BCUT2D eigenvalue weighted by Crippen LogP contribution is -2.20. The van der Waals surface area contributed by atoms with Crippen molar-refractivity contribution in [2.24, 2.45) is 0 Å². The molecule has 5 nitrogen and oxygen atoms in total. The van der Waals surface area contributed by atoms with Crippen molar-refractivity contribution in [3.63, 3.8) is 0 Å². The Morgan fingerprint density at radius 1 is 0.933 bits per heavy atom. The van der Waals surface area contributed by atoms with Crippen molar-refractivity contribution in [1.29, 1.82) is 0 Å². The Labute approximate surface area is 174 Å². The molecule has 0 atom stereocenters. The first kappa shape index (κ1) is 19.8. The average Bonchev–Trinajstić information content (AvgIpc) is 3.13. The van der Waals surface area contributed by atoms with Gasteiger partial charge in [0.2, 0.25) is 0 Å². The van der Waals surface area contributed by atoms with E-state index in [0.717, 1.165) is 28.7 Å². The second-order valence-corrected chi connectivity index (χ2v) is 6.84. The van der Waals surface area contributed by atoms with Crippen LogP contribution in [0.1, 0.15) is 5.56 Å². The number of hydrogen-bond acceptors (Lipinski definition) is 2. The molecule has 0 radical (unpaired) electrons. The van der Waals surface area contributed by atoms with E-state index >= 15 is 0 Å². The number of hydrogen-bond donors (Lipinski definition) is 2. The van der Waals surface area contributed by atoms with E-state index in [1.807, 2.05) is 24.3 Å². The third kappa shape index (κ3) is 4.08. The standard InChI is InChI=1S/C21H14ClF3N4O/c22-18-10-7-15(11-17(18)21(23,24)25)28-20(30)27-14-5-8-16(9-6-14)29-19-4-2-1-3-13(19)12-26-29/h1-12H,(H2,27,28,30). The van der Waals surface area contributed by atoms with Crippen LogP contribution >= 0.6 is 11.6 Å². The maximum Gasteiger partial charge on any atom is 0.417 e. The fourth-order valence-electron chi connectivity index (χ4n) is 2.98. The number of urea groups is 1. The second kappa shape index (κ2) is 7.72. The predicted molar refractivity (Wildman–Crippen MR) is 110 cm³/mol. The van der Waals surface area contributed by atoms with Crippen LogP contribution in [-0.4, -0.2) is 15.8 Å². The largest absolute Gasteiger partial charge is 0.417 e. The Morgan fingerprint density at radius 3 is 2.33 bits per heavy atom. The zero-order valence-corrected chi connectivity index (χ0v) is 16.0. The van der Waals surface area contributed by atoms with Gasteiger partial charge in [-0.2, -0.15) is 18.3 Å². The monoisotopic (exact) mass is 430 g/mol. The molecule has 3 aromatic carbocycles. The summed E-state index contributed by atoms with van der Waals surface area (Å²) in [5.74, 6) is 0. The molecule has 0 bridgehead atoms. The van der Waals surface area contributed by atoms with Gasteiger partial charge >= 0.3 is 12.2 Å². The van der Waals surface area contributed by atoms with E-state index in [1.54, 1.807) is 35.1 Å². The maximum absolute atomic E-state index is 12.9. The van der Waals surface area contributed by atoms with Crippen LogP contribution in [0.5, 0.6) is 0 Å². The summed E-state index contributed by atoms with van der Waals surface area (Å²) >= 11 is 5.59. The first-order valence-electron chi connectivity index (χ1n) is 8.79. The number of halogens is 4. The molecule has 0 saturated carbocycles. The minimum atomic E-state index is -4.61. The van der Waals surface area contributed by atoms with Crippen molar-refractivity contribution >= 4 is 39.9 Å². The number of alkyl halides is 3. The molecule has 0 saturated heterocycles. The highest BCUT2D eigenvalue weighted by Crippen LogP contribution is 2.36. The van der Waals surface area contributed by atoms with Gasteiger partial charge in [0.05, 0.1) is 28.0 Å². The van der Waals surface area contributed by atoms with Crippen LogP contribution in [0.3, 0.4) is 0 Å². The first-order valence-corrected chi connectivity index (χ1v) is 9.17. The molecule has 0 aliphatic carbocycles. The third-order valence-electron chi connectivity index (χ3n) is 4.38. The van der Waals surface area contributed by atoms with Gasteiger partial charge in [0.25, 0.3) is 0 Å². The molecule has 0 spiro atoms. The van der Waals surface area contributed by atoms with Crippen molar-refractivity contribution in [2.75, 3.05) is 10.6 Å². The molecule has 9 heteroatoms. The van der Waals surface area contributed by atoms with Crippen molar-refractivity contribution < 1.29 is 18.0 Å². The highest BCUT2D eigenvalue weighted by Gasteiger charge is 2.33. The van der Waals surface area contributed by atoms with Gasteiger partial charge in [0.1, 0.15) is 0 Å². The van der Waals surface area contributed by atoms with Crippen molar-refractivity contribution in [3.8, 4) is 5.69 Å². The van der Waals surface area contributed by atoms with Gasteiger partial charge in [-0.15, -0.1) is 0 Å². The topological polar surface area (TPSA) is 59.0 Å². The lowest BCUT2D eigenvalue weighted by atomic mass is 10.2. The molecule has 4 aromatic rings. The molecule has 4 rings (SSSR count). The molecule has 152 valence electrons. The van der Waals surface area contributed by atoms with E-state index < -0.39 is 22.8 Å². The molecule has 0 fully saturated rings. The van der Waals surface area contributed by atoms with Gasteiger partial charge in [-0.1, -0.05) is 29.8 Å². The SMILES string of the molecule is O=C(Nc1ccc(-n2ncc3ccccc32)cc1)Nc1ccc(Cl)c(C(F)(F)F)c1. The smallest absolute Gasteiger partial charge is 0.308 e. The van der Waals surface area contributed by atoms with Gasteiger partial charge in [-0.25, -0.2) is 9.48 Å².